The minimum atomic E-state index is -3.43. The standard InChI is InChI=1S/C14H22N2O3S/c1-12-5-2-3-8-16(12)20(18,19)15-10-13-6-4-7-14(9-13)11-17/h4,6-7,9,12,15,17H,2-3,5,8,10-11H2,1H3. The van der Waals surface area contributed by atoms with Gasteiger partial charge in [0, 0.05) is 19.1 Å². The van der Waals surface area contributed by atoms with Crippen LogP contribution in [0.2, 0.25) is 0 Å². The Labute approximate surface area is 120 Å². The Bertz CT molecular complexity index is 545. The summed E-state index contributed by atoms with van der Waals surface area (Å²) in [4.78, 5) is 0. The molecule has 1 aliphatic heterocycles. The quantitative estimate of drug-likeness (QED) is 0.863. The summed E-state index contributed by atoms with van der Waals surface area (Å²) >= 11 is 0. The lowest BCUT2D eigenvalue weighted by Gasteiger charge is -2.32. The van der Waals surface area contributed by atoms with Crippen LogP contribution < -0.4 is 4.72 Å². The van der Waals surface area contributed by atoms with Crippen LogP contribution in [-0.4, -0.2) is 30.4 Å². The van der Waals surface area contributed by atoms with Crippen molar-refractivity contribution in [1.29, 1.82) is 0 Å². The number of benzene rings is 1. The monoisotopic (exact) mass is 298 g/mol. The van der Waals surface area contributed by atoms with Gasteiger partial charge in [0.05, 0.1) is 6.61 Å². The lowest BCUT2D eigenvalue weighted by atomic mass is 10.1. The van der Waals surface area contributed by atoms with E-state index in [0.717, 1.165) is 30.4 Å². The average Bonchev–Trinajstić information content (AvgIpc) is 2.46. The van der Waals surface area contributed by atoms with E-state index in [1.165, 1.54) is 0 Å². The van der Waals surface area contributed by atoms with Crippen molar-refractivity contribution in [3.8, 4) is 0 Å². The molecule has 112 valence electrons. The largest absolute Gasteiger partial charge is 0.392 e. The molecule has 1 saturated heterocycles. The van der Waals surface area contributed by atoms with Gasteiger partial charge in [-0.3, -0.25) is 0 Å². The number of piperidine rings is 1. The molecule has 0 saturated carbocycles. The third-order valence-electron chi connectivity index (χ3n) is 3.68. The molecule has 1 heterocycles. The molecule has 2 rings (SSSR count). The van der Waals surface area contributed by atoms with E-state index in [0.29, 0.717) is 6.54 Å². The molecule has 1 fully saturated rings. The summed E-state index contributed by atoms with van der Waals surface area (Å²) in [6.45, 7) is 2.75. The zero-order valence-corrected chi connectivity index (χ0v) is 12.6. The first-order valence-electron chi connectivity index (χ1n) is 6.98. The lowest BCUT2D eigenvalue weighted by molar-refractivity contribution is 0.265. The van der Waals surface area contributed by atoms with Gasteiger partial charge in [-0.15, -0.1) is 0 Å². The maximum atomic E-state index is 12.3. The molecule has 0 aliphatic carbocycles. The first-order chi connectivity index (χ1) is 9.53. The topological polar surface area (TPSA) is 69.6 Å². The number of nitrogens with one attached hydrogen (secondary N) is 1. The Kier molecular flexibility index (Phi) is 5.15. The Balaban J connectivity index is 2.01. The number of aliphatic hydroxyl groups is 1. The maximum Gasteiger partial charge on any atom is 0.279 e. The molecular formula is C14H22N2O3S. The summed E-state index contributed by atoms with van der Waals surface area (Å²) in [6, 6.07) is 7.34. The predicted molar refractivity (Wildman–Crippen MR) is 78.1 cm³/mol. The van der Waals surface area contributed by atoms with Crippen LogP contribution in [0.4, 0.5) is 0 Å². The van der Waals surface area contributed by atoms with Crippen LogP contribution in [-0.2, 0) is 23.4 Å². The van der Waals surface area contributed by atoms with Crippen molar-refractivity contribution in [2.24, 2.45) is 0 Å². The smallest absolute Gasteiger partial charge is 0.279 e. The van der Waals surface area contributed by atoms with E-state index in [1.807, 2.05) is 31.2 Å². The average molecular weight is 298 g/mol. The highest BCUT2D eigenvalue weighted by Gasteiger charge is 2.28. The Morgan fingerprint density at radius 3 is 2.80 bits per heavy atom. The zero-order chi connectivity index (χ0) is 14.6. The number of hydrogen-bond donors (Lipinski definition) is 2. The van der Waals surface area contributed by atoms with Crippen LogP contribution in [0.1, 0.15) is 37.3 Å². The Morgan fingerprint density at radius 2 is 2.10 bits per heavy atom. The molecule has 2 N–H and O–H groups in total. The van der Waals surface area contributed by atoms with Crippen LogP contribution >= 0.6 is 0 Å². The van der Waals surface area contributed by atoms with E-state index < -0.39 is 10.2 Å². The fraction of sp³-hybridized carbons (Fsp3) is 0.571. The molecular weight excluding hydrogens is 276 g/mol. The summed E-state index contributed by atoms with van der Waals surface area (Å²) in [7, 11) is -3.43. The number of nitrogens with zero attached hydrogens (tertiary/aromatic N) is 1. The van der Waals surface area contributed by atoms with E-state index in [9.17, 15) is 8.42 Å². The van der Waals surface area contributed by atoms with Gasteiger partial charge in [0.1, 0.15) is 0 Å². The summed E-state index contributed by atoms with van der Waals surface area (Å²) in [5, 5.41) is 9.08. The second kappa shape index (κ2) is 6.67. The second-order valence-corrected chi connectivity index (χ2v) is 6.97. The van der Waals surface area contributed by atoms with Gasteiger partial charge in [-0.05, 0) is 30.9 Å². The van der Waals surface area contributed by atoms with Gasteiger partial charge in [0.2, 0.25) is 0 Å². The van der Waals surface area contributed by atoms with E-state index in [2.05, 4.69) is 4.72 Å². The highest BCUT2D eigenvalue weighted by atomic mass is 32.2. The predicted octanol–water partition coefficient (Wildman–Crippen LogP) is 1.39. The SMILES string of the molecule is CC1CCCCN1S(=O)(=O)NCc1cccc(CO)c1. The van der Waals surface area contributed by atoms with Crippen molar-refractivity contribution in [3.63, 3.8) is 0 Å². The normalized spacial score (nSPS) is 21.0. The molecule has 0 radical (unpaired) electrons. The summed E-state index contributed by atoms with van der Waals surface area (Å²) in [6.07, 6.45) is 2.93. The maximum absolute atomic E-state index is 12.3. The van der Waals surface area contributed by atoms with Crippen LogP contribution in [0.15, 0.2) is 24.3 Å². The van der Waals surface area contributed by atoms with Crippen LogP contribution in [0.3, 0.4) is 0 Å². The molecule has 1 atom stereocenters. The molecule has 1 aliphatic rings. The van der Waals surface area contributed by atoms with Gasteiger partial charge >= 0.3 is 0 Å². The van der Waals surface area contributed by atoms with Gasteiger partial charge in [0.25, 0.3) is 10.2 Å². The lowest BCUT2D eigenvalue weighted by Crippen LogP contribution is -2.47. The van der Waals surface area contributed by atoms with Crippen molar-refractivity contribution in [3.05, 3.63) is 35.4 Å². The molecule has 0 amide bonds. The van der Waals surface area contributed by atoms with Crippen molar-refractivity contribution in [2.45, 2.75) is 45.4 Å². The van der Waals surface area contributed by atoms with Crippen molar-refractivity contribution in [2.75, 3.05) is 6.54 Å². The minimum absolute atomic E-state index is 0.0379. The highest BCUT2D eigenvalue weighted by Crippen LogP contribution is 2.19. The van der Waals surface area contributed by atoms with E-state index in [-0.39, 0.29) is 19.2 Å². The first kappa shape index (κ1) is 15.4. The van der Waals surface area contributed by atoms with Crippen molar-refractivity contribution < 1.29 is 13.5 Å². The summed E-state index contributed by atoms with van der Waals surface area (Å²) in [5.41, 5.74) is 1.64. The van der Waals surface area contributed by atoms with Crippen molar-refractivity contribution >= 4 is 10.2 Å². The minimum Gasteiger partial charge on any atom is -0.392 e. The van der Waals surface area contributed by atoms with Crippen LogP contribution in [0, 0.1) is 0 Å². The molecule has 1 unspecified atom stereocenters. The molecule has 20 heavy (non-hydrogen) atoms. The molecule has 1 aromatic carbocycles. The third-order valence-corrected chi connectivity index (χ3v) is 5.35. The van der Waals surface area contributed by atoms with E-state index >= 15 is 0 Å². The van der Waals surface area contributed by atoms with Gasteiger partial charge in [-0.1, -0.05) is 30.7 Å². The van der Waals surface area contributed by atoms with Crippen LogP contribution in [0.5, 0.6) is 0 Å². The molecule has 5 nitrogen and oxygen atoms in total. The van der Waals surface area contributed by atoms with Gasteiger partial charge < -0.3 is 5.11 Å². The Morgan fingerprint density at radius 1 is 1.35 bits per heavy atom. The first-order valence-corrected chi connectivity index (χ1v) is 8.42. The van der Waals surface area contributed by atoms with Gasteiger partial charge in [-0.2, -0.15) is 17.4 Å². The second-order valence-electron chi connectivity index (χ2n) is 5.26. The molecule has 0 spiro atoms. The fourth-order valence-electron chi connectivity index (χ4n) is 2.52. The number of rotatable bonds is 5. The van der Waals surface area contributed by atoms with Gasteiger partial charge in [-0.25, -0.2) is 0 Å². The van der Waals surface area contributed by atoms with Gasteiger partial charge in [0.15, 0.2) is 0 Å². The highest BCUT2D eigenvalue weighted by molar-refractivity contribution is 7.87. The fourth-order valence-corrected chi connectivity index (χ4v) is 3.99. The number of aliphatic hydroxyl groups excluding tert-OH is 1. The number of hydrogen-bond acceptors (Lipinski definition) is 3. The molecule has 1 aromatic rings. The Hall–Kier alpha value is -0.950. The van der Waals surface area contributed by atoms with Crippen molar-refractivity contribution in [1.82, 2.24) is 9.03 Å². The summed E-state index contributed by atoms with van der Waals surface area (Å²) in [5.74, 6) is 0. The van der Waals surface area contributed by atoms with E-state index in [4.69, 9.17) is 5.11 Å². The van der Waals surface area contributed by atoms with E-state index in [1.54, 1.807) is 4.31 Å². The molecule has 0 bridgehead atoms. The zero-order valence-electron chi connectivity index (χ0n) is 11.7. The summed E-state index contributed by atoms with van der Waals surface area (Å²) < 4.78 is 28.8. The third kappa shape index (κ3) is 3.79. The molecule has 6 heteroatoms. The van der Waals surface area contributed by atoms with Crippen LogP contribution in [0.25, 0.3) is 0 Å². The molecule has 0 aromatic heterocycles.